The molecule has 1 aliphatic rings. The van der Waals surface area contributed by atoms with Crippen LogP contribution in [0.15, 0.2) is 24.4 Å². The number of carbonyl (C=O) groups excluding carboxylic acids is 2. The van der Waals surface area contributed by atoms with Crippen LogP contribution in [0.4, 0.5) is 49.5 Å². The van der Waals surface area contributed by atoms with Crippen molar-refractivity contribution in [3.8, 4) is 0 Å². The van der Waals surface area contributed by atoms with Gasteiger partial charge in [-0.3, -0.25) is 9.59 Å². The largest absolute Gasteiger partial charge is 0.471 e. The number of anilines is 4. The Balaban J connectivity index is 1.75. The van der Waals surface area contributed by atoms with Crippen molar-refractivity contribution in [2.45, 2.75) is 18.8 Å². The lowest BCUT2D eigenvalue weighted by molar-refractivity contribution is -0.183. The summed E-state index contributed by atoms with van der Waals surface area (Å²) in [6.45, 7) is -0.946. The molecule has 0 radical (unpaired) electrons. The number of benzene rings is 1. The fourth-order valence-corrected chi connectivity index (χ4v) is 2.88. The molecule has 0 saturated heterocycles. The van der Waals surface area contributed by atoms with Crippen molar-refractivity contribution in [2.75, 3.05) is 36.1 Å². The fourth-order valence-electron chi connectivity index (χ4n) is 2.88. The number of hydrogen-bond donors (Lipinski definition) is 3. The first-order chi connectivity index (χ1) is 14.8. The lowest BCUT2D eigenvalue weighted by Gasteiger charge is -2.20. The van der Waals surface area contributed by atoms with Crippen LogP contribution < -0.4 is 16.0 Å². The first-order valence-electron chi connectivity index (χ1n) is 9.05. The molecule has 32 heavy (non-hydrogen) atoms. The van der Waals surface area contributed by atoms with E-state index in [-0.39, 0.29) is 18.3 Å². The first-order valence-corrected chi connectivity index (χ1v) is 9.05. The maximum atomic E-state index is 13.3. The molecule has 0 saturated carbocycles. The Morgan fingerprint density at radius 3 is 2.59 bits per heavy atom. The van der Waals surface area contributed by atoms with Gasteiger partial charge in [0.25, 0.3) is 0 Å². The van der Waals surface area contributed by atoms with Crippen LogP contribution >= 0.6 is 0 Å². The summed E-state index contributed by atoms with van der Waals surface area (Å²) >= 11 is 0. The van der Waals surface area contributed by atoms with E-state index in [1.54, 1.807) is 18.2 Å². The molecule has 0 aliphatic carbocycles. The smallest absolute Gasteiger partial charge is 0.368 e. The maximum Gasteiger partial charge on any atom is 0.471 e. The number of halogens is 6. The summed E-state index contributed by atoms with van der Waals surface area (Å²) < 4.78 is 77.1. The lowest BCUT2D eigenvalue weighted by atomic mass is 10.1. The summed E-state index contributed by atoms with van der Waals surface area (Å²) in [4.78, 5) is 30.3. The van der Waals surface area contributed by atoms with Gasteiger partial charge >= 0.3 is 18.3 Å². The zero-order valence-electron chi connectivity index (χ0n) is 16.4. The minimum absolute atomic E-state index is 0.149. The molecular formula is C18H16F6N6O2. The fraction of sp³-hybridized carbons (Fsp3) is 0.333. The highest BCUT2D eigenvalue weighted by Gasteiger charge is 2.41. The number of likely N-dealkylation sites (N-methyl/N-ethyl adjacent to an activating group) is 1. The van der Waals surface area contributed by atoms with Crippen molar-refractivity contribution in [1.29, 1.82) is 0 Å². The van der Waals surface area contributed by atoms with Gasteiger partial charge in [0.15, 0.2) is 0 Å². The van der Waals surface area contributed by atoms with E-state index < -0.39 is 42.7 Å². The molecule has 14 heteroatoms. The number of aromatic nitrogens is 2. The third-order valence-corrected chi connectivity index (χ3v) is 4.41. The topological polar surface area (TPSA) is 99.2 Å². The zero-order chi connectivity index (χ0) is 23.7. The highest BCUT2D eigenvalue weighted by molar-refractivity contribution is 5.99. The molecule has 2 amide bonds. The molecule has 2 aromatic rings. The van der Waals surface area contributed by atoms with E-state index in [0.717, 1.165) is 7.05 Å². The third-order valence-electron chi connectivity index (χ3n) is 4.41. The summed E-state index contributed by atoms with van der Waals surface area (Å²) in [5.41, 5.74) is 0.495. The Bertz CT molecular complexity index is 1040. The van der Waals surface area contributed by atoms with E-state index >= 15 is 0 Å². The Kier molecular flexibility index (Phi) is 6.14. The van der Waals surface area contributed by atoms with Gasteiger partial charge < -0.3 is 20.9 Å². The molecule has 2 heterocycles. The predicted molar refractivity (Wildman–Crippen MR) is 101 cm³/mol. The molecule has 3 N–H and O–H groups in total. The molecule has 0 spiro atoms. The van der Waals surface area contributed by atoms with Gasteiger partial charge in [-0.25, -0.2) is 4.98 Å². The van der Waals surface area contributed by atoms with Gasteiger partial charge in [-0.2, -0.15) is 31.3 Å². The summed E-state index contributed by atoms with van der Waals surface area (Å²) in [7, 11) is 0.878. The van der Waals surface area contributed by atoms with Crippen molar-refractivity contribution < 1.29 is 35.9 Å². The Hall–Kier alpha value is -3.58. The second kappa shape index (κ2) is 8.51. The Morgan fingerprint density at radius 2 is 1.94 bits per heavy atom. The molecular weight excluding hydrogens is 446 g/mol. The number of nitrogens with zero attached hydrogens (tertiary/aromatic N) is 3. The molecule has 1 aliphatic heterocycles. The monoisotopic (exact) mass is 462 g/mol. The number of rotatable bonds is 6. The minimum Gasteiger partial charge on any atom is -0.368 e. The van der Waals surface area contributed by atoms with Crippen molar-refractivity contribution in [3.05, 3.63) is 35.5 Å². The number of carbonyl (C=O) groups is 2. The van der Waals surface area contributed by atoms with Crippen LogP contribution in [0.5, 0.6) is 0 Å². The normalized spacial score (nSPS) is 13.4. The number of fused-ring (bicyclic) bond motifs is 1. The quantitative estimate of drug-likeness (QED) is 0.571. The van der Waals surface area contributed by atoms with Gasteiger partial charge in [0.05, 0.1) is 6.42 Å². The zero-order valence-corrected chi connectivity index (χ0v) is 16.4. The van der Waals surface area contributed by atoms with E-state index in [0.29, 0.717) is 28.0 Å². The van der Waals surface area contributed by atoms with Gasteiger partial charge in [-0.05, 0) is 23.8 Å². The number of hydrogen-bond acceptors (Lipinski definition) is 6. The average Bonchev–Trinajstić information content (AvgIpc) is 3.05. The van der Waals surface area contributed by atoms with Gasteiger partial charge in [-0.15, -0.1) is 0 Å². The van der Waals surface area contributed by atoms with Gasteiger partial charge in [0.1, 0.15) is 11.4 Å². The minimum atomic E-state index is -5.09. The Labute approximate surface area is 177 Å². The van der Waals surface area contributed by atoms with Crippen LogP contribution in [0.3, 0.4) is 0 Å². The molecule has 0 unspecified atom stereocenters. The molecule has 3 rings (SSSR count). The van der Waals surface area contributed by atoms with Crippen LogP contribution in [0.25, 0.3) is 0 Å². The lowest BCUT2D eigenvalue weighted by Crippen LogP contribution is -2.40. The second-order valence-corrected chi connectivity index (χ2v) is 6.83. The summed E-state index contributed by atoms with van der Waals surface area (Å²) in [6, 6.07) is 4.79. The van der Waals surface area contributed by atoms with E-state index in [9.17, 15) is 35.9 Å². The van der Waals surface area contributed by atoms with Crippen LogP contribution in [0.2, 0.25) is 0 Å². The van der Waals surface area contributed by atoms with Gasteiger partial charge in [0.2, 0.25) is 11.9 Å². The maximum absolute atomic E-state index is 13.3. The van der Waals surface area contributed by atoms with Gasteiger partial charge in [0, 0.05) is 37.7 Å². The number of alkyl halides is 6. The van der Waals surface area contributed by atoms with Crippen LogP contribution in [0.1, 0.15) is 11.1 Å². The second-order valence-electron chi connectivity index (χ2n) is 6.83. The highest BCUT2D eigenvalue weighted by Crippen LogP contribution is 2.34. The summed E-state index contributed by atoms with van der Waals surface area (Å²) in [6.07, 6.45) is -9.24. The molecule has 0 bridgehead atoms. The molecule has 0 fully saturated rings. The van der Waals surface area contributed by atoms with Crippen LogP contribution in [0, 0.1) is 0 Å². The molecule has 1 aromatic carbocycles. The summed E-state index contributed by atoms with van der Waals surface area (Å²) in [5.74, 6) is -3.19. The number of amides is 2. The highest BCUT2D eigenvalue weighted by atomic mass is 19.4. The molecule has 1 aromatic heterocycles. The summed E-state index contributed by atoms with van der Waals surface area (Å²) in [5, 5.41) is 7.67. The van der Waals surface area contributed by atoms with Crippen molar-refractivity contribution in [3.63, 3.8) is 0 Å². The molecule has 8 nitrogen and oxygen atoms in total. The third kappa shape index (κ3) is 5.36. The van der Waals surface area contributed by atoms with E-state index in [2.05, 4.69) is 25.9 Å². The van der Waals surface area contributed by atoms with E-state index in [1.807, 2.05) is 0 Å². The number of nitrogens with one attached hydrogen (secondary N) is 3. The van der Waals surface area contributed by atoms with E-state index in [1.165, 1.54) is 0 Å². The average molecular weight is 462 g/mol. The standard InChI is InChI=1S/C18H16F6N6O2/c1-30(15(32)18(22,23)24)5-4-25-14-11(17(19,20)21)8-26-16(29-14)27-10-2-3-12-9(6-10)7-13(31)28-12/h2-3,6,8H,4-5,7H2,1H3,(H,28,31)(H2,25,26,27,29). The first kappa shape index (κ1) is 23.1. The molecule has 0 atom stereocenters. The predicted octanol–water partition coefficient (Wildman–Crippen LogP) is 3.17. The van der Waals surface area contributed by atoms with Crippen LogP contribution in [-0.2, 0) is 22.2 Å². The van der Waals surface area contributed by atoms with Crippen molar-refractivity contribution in [2.24, 2.45) is 0 Å². The Morgan fingerprint density at radius 1 is 1.22 bits per heavy atom. The van der Waals surface area contributed by atoms with Gasteiger partial charge in [-0.1, -0.05) is 0 Å². The van der Waals surface area contributed by atoms with Crippen molar-refractivity contribution >= 4 is 35.0 Å². The molecule has 172 valence electrons. The van der Waals surface area contributed by atoms with E-state index in [4.69, 9.17) is 0 Å². The van der Waals surface area contributed by atoms with Crippen LogP contribution in [-0.4, -0.2) is 53.0 Å². The SMILES string of the molecule is CN(CCNc1nc(Nc2ccc3c(c2)CC(=O)N3)ncc1C(F)(F)F)C(=O)C(F)(F)F. The van der Waals surface area contributed by atoms with Crippen molar-refractivity contribution in [1.82, 2.24) is 14.9 Å².